The van der Waals surface area contributed by atoms with Gasteiger partial charge < -0.3 is 10.0 Å². The number of β-amino-alcohol motifs (C(OH)–C–C–N with tert-alkyl or cyclic N) is 1. The fourth-order valence-corrected chi connectivity index (χ4v) is 6.00. The molecule has 1 N–H and O–H groups in total. The zero-order chi connectivity index (χ0) is 22.9. The molecule has 0 radical (unpaired) electrons. The molecule has 1 saturated heterocycles. The smallest absolute Gasteiger partial charge is 0.395 e. The van der Waals surface area contributed by atoms with Crippen molar-refractivity contribution in [3.8, 4) is 0 Å². The van der Waals surface area contributed by atoms with E-state index >= 15 is 0 Å². The van der Waals surface area contributed by atoms with Crippen molar-refractivity contribution in [2.75, 3.05) is 45.9 Å². The third kappa shape index (κ3) is 4.47. The lowest BCUT2D eigenvalue weighted by atomic mass is 9.94. The van der Waals surface area contributed by atoms with E-state index in [0.717, 1.165) is 50.9 Å². The van der Waals surface area contributed by atoms with Gasteiger partial charge >= 0.3 is 6.18 Å². The van der Waals surface area contributed by atoms with E-state index in [9.17, 15) is 21.6 Å². The summed E-state index contributed by atoms with van der Waals surface area (Å²) in [5.74, 6) is 0. The van der Waals surface area contributed by atoms with Crippen LogP contribution in [0.25, 0.3) is 5.57 Å². The standard InChI is InChI=1S/C23H25F3N2O3S/c24-23(25,26)17-7-8-22-20(16-17)18(19-4-1-2-6-21(19)32(22,30)31)5-3-9-27-10-12-28(13-11-27)14-15-29/h1-2,4-8,16,29H,3,9-15H2/b18-5+. The number of sulfone groups is 1. The van der Waals surface area contributed by atoms with Crippen LogP contribution in [-0.4, -0.2) is 69.2 Å². The number of benzene rings is 2. The van der Waals surface area contributed by atoms with Gasteiger partial charge in [0.2, 0.25) is 9.84 Å². The lowest BCUT2D eigenvalue weighted by Gasteiger charge is -2.34. The van der Waals surface area contributed by atoms with E-state index in [2.05, 4.69) is 9.80 Å². The van der Waals surface area contributed by atoms with Gasteiger partial charge in [-0.3, -0.25) is 4.90 Å². The number of nitrogens with zero attached hydrogens (tertiary/aromatic N) is 2. The first-order valence-electron chi connectivity index (χ1n) is 10.5. The van der Waals surface area contributed by atoms with Gasteiger partial charge in [0.1, 0.15) is 0 Å². The van der Waals surface area contributed by atoms with Gasteiger partial charge in [0.05, 0.1) is 22.0 Å². The molecule has 0 atom stereocenters. The molecular formula is C23H25F3N2O3S. The van der Waals surface area contributed by atoms with Crippen molar-refractivity contribution in [1.82, 2.24) is 9.80 Å². The number of alkyl halides is 3. The molecule has 1 fully saturated rings. The fraction of sp³-hybridized carbons (Fsp3) is 0.391. The monoisotopic (exact) mass is 466 g/mol. The SMILES string of the molecule is O=S1(=O)c2ccccc2/C(=C\CCN2CCN(CCO)CC2)c2cc(C(F)(F)F)ccc21. The van der Waals surface area contributed by atoms with Crippen molar-refractivity contribution >= 4 is 15.4 Å². The maximum atomic E-state index is 13.4. The molecular weight excluding hydrogens is 441 g/mol. The number of rotatable bonds is 5. The minimum atomic E-state index is -4.56. The molecule has 2 aromatic rings. The van der Waals surface area contributed by atoms with Crippen LogP contribution in [0.4, 0.5) is 13.2 Å². The lowest BCUT2D eigenvalue weighted by molar-refractivity contribution is -0.137. The molecule has 2 aliphatic rings. The van der Waals surface area contributed by atoms with Crippen LogP contribution in [-0.2, 0) is 16.0 Å². The van der Waals surface area contributed by atoms with E-state index in [1.807, 2.05) is 6.08 Å². The molecule has 0 bridgehead atoms. The summed E-state index contributed by atoms with van der Waals surface area (Å²) >= 11 is 0. The molecule has 0 aromatic heterocycles. The van der Waals surface area contributed by atoms with Gasteiger partial charge in [-0.05, 0) is 36.3 Å². The molecule has 2 heterocycles. The van der Waals surface area contributed by atoms with Gasteiger partial charge in [0.25, 0.3) is 0 Å². The number of hydrogen-bond donors (Lipinski definition) is 1. The van der Waals surface area contributed by atoms with Gasteiger partial charge in [-0.25, -0.2) is 8.42 Å². The van der Waals surface area contributed by atoms with Crippen LogP contribution >= 0.6 is 0 Å². The second-order valence-electron chi connectivity index (χ2n) is 8.02. The zero-order valence-corrected chi connectivity index (χ0v) is 18.3. The number of halogens is 3. The molecule has 0 spiro atoms. The van der Waals surface area contributed by atoms with Gasteiger partial charge in [0, 0.05) is 50.4 Å². The average molecular weight is 467 g/mol. The van der Waals surface area contributed by atoms with Crippen LogP contribution in [0.5, 0.6) is 0 Å². The average Bonchev–Trinajstić information content (AvgIpc) is 2.76. The Kier molecular flexibility index (Phi) is 6.44. The Bertz CT molecular complexity index is 1120. The van der Waals surface area contributed by atoms with Crippen LogP contribution < -0.4 is 0 Å². The van der Waals surface area contributed by atoms with Crippen molar-refractivity contribution in [3.63, 3.8) is 0 Å². The first kappa shape index (κ1) is 23.0. The second kappa shape index (κ2) is 8.97. The third-order valence-corrected chi connectivity index (χ3v) is 7.90. The Morgan fingerprint density at radius 1 is 0.906 bits per heavy atom. The highest BCUT2D eigenvalue weighted by atomic mass is 32.2. The van der Waals surface area contributed by atoms with Gasteiger partial charge in [-0.2, -0.15) is 13.2 Å². The van der Waals surface area contributed by atoms with E-state index in [-0.39, 0.29) is 22.0 Å². The first-order valence-corrected chi connectivity index (χ1v) is 12.0. The van der Waals surface area contributed by atoms with Crippen LogP contribution in [0, 0.1) is 0 Å². The Morgan fingerprint density at radius 3 is 2.19 bits per heavy atom. The number of aliphatic hydroxyl groups excluding tert-OH is 1. The van der Waals surface area contributed by atoms with E-state index in [1.165, 1.54) is 6.07 Å². The molecule has 172 valence electrons. The fourth-order valence-electron chi connectivity index (χ4n) is 4.33. The van der Waals surface area contributed by atoms with Crippen LogP contribution in [0.1, 0.15) is 23.1 Å². The summed E-state index contributed by atoms with van der Waals surface area (Å²) < 4.78 is 66.2. The second-order valence-corrected chi connectivity index (χ2v) is 9.91. The van der Waals surface area contributed by atoms with E-state index < -0.39 is 21.6 Å². The molecule has 32 heavy (non-hydrogen) atoms. The number of piperazine rings is 1. The highest BCUT2D eigenvalue weighted by molar-refractivity contribution is 7.91. The molecule has 2 aromatic carbocycles. The Balaban J connectivity index is 1.65. The predicted octanol–water partition coefficient (Wildman–Crippen LogP) is 3.28. The van der Waals surface area contributed by atoms with Gasteiger partial charge in [0.15, 0.2) is 0 Å². The van der Waals surface area contributed by atoms with Crippen molar-refractivity contribution in [3.05, 3.63) is 65.2 Å². The molecule has 9 heteroatoms. The number of aliphatic hydroxyl groups is 1. The molecule has 0 amide bonds. The quantitative estimate of drug-likeness (QED) is 0.626. The Labute approximate surface area is 185 Å². The molecule has 0 aliphatic carbocycles. The summed E-state index contributed by atoms with van der Waals surface area (Å²) in [5.41, 5.74) is 0.200. The zero-order valence-electron chi connectivity index (χ0n) is 17.5. The van der Waals surface area contributed by atoms with Crippen molar-refractivity contribution in [2.24, 2.45) is 0 Å². The highest BCUT2D eigenvalue weighted by Crippen LogP contribution is 2.43. The Hall–Kier alpha value is -2.20. The lowest BCUT2D eigenvalue weighted by Crippen LogP contribution is -2.47. The molecule has 0 unspecified atom stereocenters. The van der Waals surface area contributed by atoms with Gasteiger partial charge in [-0.1, -0.05) is 24.3 Å². The van der Waals surface area contributed by atoms with Crippen LogP contribution in [0.3, 0.4) is 0 Å². The summed E-state index contributed by atoms with van der Waals surface area (Å²) in [6, 6.07) is 9.30. The van der Waals surface area contributed by atoms with Crippen LogP contribution in [0.2, 0.25) is 0 Å². The summed E-state index contributed by atoms with van der Waals surface area (Å²) in [6.07, 6.45) is -2.12. The normalized spacial score (nSPS) is 20.2. The molecule has 2 aliphatic heterocycles. The number of hydrogen-bond acceptors (Lipinski definition) is 5. The highest BCUT2D eigenvalue weighted by Gasteiger charge is 2.36. The molecule has 0 saturated carbocycles. The molecule has 4 rings (SSSR count). The molecule has 5 nitrogen and oxygen atoms in total. The van der Waals surface area contributed by atoms with E-state index in [4.69, 9.17) is 5.11 Å². The van der Waals surface area contributed by atoms with Gasteiger partial charge in [-0.15, -0.1) is 0 Å². The third-order valence-electron chi connectivity index (χ3n) is 6.03. The topological polar surface area (TPSA) is 60.9 Å². The minimum absolute atomic E-state index is 0.0898. The summed E-state index contributed by atoms with van der Waals surface area (Å²) in [4.78, 5) is 4.49. The van der Waals surface area contributed by atoms with E-state index in [1.54, 1.807) is 18.2 Å². The largest absolute Gasteiger partial charge is 0.416 e. The van der Waals surface area contributed by atoms with Crippen molar-refractivity contribution in [1.29, 1.82) is 0 Å². The van der Waals surface area contributed by atoms with Crippen LogP contribution in [0.15, 0.2) is 58.3 Å². The summed E-state index contributed by atoms with van der Waals surface area (Å²) in [7, 11) is -3.90. The maximum absolute atomic E-state index is 13.4. The number of fused-ring (bicyclic) bond motifs is 2. The summed E-state index contributed by atoms with van der Waals surface area (Å²) in [5, 5.41) is 9.06. The Morgan fingerprint density at radius 2 is 1.53 bits per heavy atom. The van der Waals surface area contributed by atoms with E-state index in [0.29, 0.717) is 24.1 Å². The minimum Gasteiger partial charge on any atom is -0.395 e. The first-order chi connectivity index (χ1) is 15.2. The predicted molar refractivity (Wildman–Crippen MR) is 115 cm³/mol. The van der Waals surface area contributed by atoms with Crippen molar-refractivity contribution in [2.45, 2.75) is 22.4 Å². The summed E-state index contributed by atoms with van der Waals surface area (Å²) in [6.45, 7) is 4.92. The maximum Gasteiger partial charge on any atom is 0.416 e. The van der Waals surface area contributed by atoms with Crippen molar-refractivity contribution < 1.29 is 26.7 Å².